The van der Waals surface area contributed by atoms with Crippen LogP contribution in [0.4, 0.5) is 0 Å². The summed E-state index contributed by atoms with van der Waals surface area (Å²) in [6, 6.07) is 10.9. The normalized spacial score (nSPS) is 10.4. The molecule has 0 fully saturated rings. The van der Waals surface area contributed by atoms with Crippen LogP contribution in [0.15, 0.2) is 30.3 Å². The van der Waals surface area contributed by atoms with Crippen LogP contribution in [0.1, 0.15) is 76.7 Å². The molecule has 4 heteroatoms. The van der Waals surface area contributed by atoms with Crippen molar-refractivity contribution >= 4 is 12.4 Å². The third-order valence-electron chi connectivity index (χ3n) is 4.57. The van der Waals surface area contributed by atoms with Gasteiger partial charge in [-0.25, -0.2) is 0 Å². The molecule has 1 aromatic rings. The van der Waals surface area contributed by atoms with E-state index in [2.05, 4.69) is 51.4 Å². The maximum Gasteiger partial charge on any atom is 0.104 e. The van der Waals surface area contributed by atoms with Gasteiger partial charge in [0.1, 0.15) is 6.54 Å². The number of quaternary nitrogens is 1. The molecule has 0 spiro atoms. The largest absolute Gasteiger partial charge is 1.00 e. The van der Waals surface area contributed by atoms with E-state index in [4.69, 9.17) is 0 Å². The molecular weight excluding hydrogens is 351 g/mol. The minimum absolute atomic E-state index is 0. The molecule has 1 aromatic carbocycles. The van der Waals surface area contributed by atoms with Crippen molar-refractivity contribution in [3.8, 4) is 0 Å². The van der Waals surface area contributed by atoms with Gasteiger partial charge in [0.15, 0.2) is 0 Å². The molecule has 0 aliphatic rings. The topological polar surface area (TPSA) is 35.0 Å². The molecule has 0 atom stereocenters. The fourth-order valence-corrected chi connectivity index (χ4v) is 3.18. The van der Waals surface area contributed by atoms with E-state index < -0.39 is 0 Å². The van der Waals surface area contributed by atoms with Crippen molar-refractivity contribution in [3.05, 3.63) is 35.9 Å². The summed E-state index contributed by atoms with van der Waals surface area (Å²) < 4.78 is 1.11. The molecule has 0 saturated heterocycles. The molecule has 0 heterocycles. The SMILES string of the molecule is CCCCCCCCCCCC[N+](C)(C)Cc1ccccc1.Cl.N.[Cl-]. The van der Waals surface area contributed by atoms with Gasteiger partial charge in [-0.15, -0.1) is 12.4 Å². The maximum absolute atomic E-state index is 2.36. The zero-order chi connectivity index (χ0) is 16.1. The van der Waals surface area contributed by atoms with Crippen molar-refractivity contribution in [2.24, 2.45) is 0 Å². The van der Waals surface area contributed by atoms with E-state index in [9.17, 15) is 0 Å². The van der Waals surface area contributed by atoms with E-state index in [1.807, 2.05) is 0 Å². The Morgan fingerprint density at radius 2 is 1.16 bits per heavy atom. The molecule has 0 aliphatic heterocycles. The summed E-state index contributed by atoms with van der Waals surface area (Å²) in [6.45, 7) is 4.74. The minimum Gasteiger partial charge on any atom is -1.00 e. The van der Waals surface area contributed by atoms with Gasteiger partial charge in [-0.3, -0.25) is 0 Å². The molecule has 150 valence electrons. The van der Waals surface area contributed by atoms with E-state index in [1.165, 1.54) is 76.3 Å². The van der Waals surface area contributed by atoms with E-state index in [-0.39, 0.29) is 31.0 Å². The van der Waals surface area contributed by atoms with Gasteiger partial charge in [-0.05, 0) is 12.8 Å². The van der Waals surface area contributed by atoms with Gasteiger partial charge in [-0.2, -0.15) is 0 Å². The van der Waals surface area contributed by atoms with E-state index >= 15 is 0 Å². The molecular formula is C21H42Cl2N2. The predicted octanol–water partition coefficient (Wildman–Crippen LogP) is 3.77. The number of unbranched alkanes of at least 4 members (excludes halogenated alkanes) is 9. The molecule has 25 heavy (non-hydrogen) atoms. The van der Waals surface area contributed by atoms with Gasteiger partial charge in [0, 0.05) is 5.56 Å². The minimum atomic E-state index is 0. The zero-order valence-corrected chi connectivity index (χ0v) is 18.4. The molecule has 1 rings (SSSR count). The van der Waals surface area contributed by atoms with Crippen LogP contribution in [0, 0.1) is 0 Å². The highest BCUT2D eigenvalue weighted by Crippen LogP contribution is 2.13. The van der Waals surface area contributed by atoms with E-state index in [0.29, 0.717) is 0 Å². The summed E-state index contributed by atoms with van der Waals surface area (Å²) in [7, 11) is 4.72. The molecule has 0 saturated carbocycles. The van der Waals surface area contributed by atoms with Crippen molar-refractivity contribution in [1.82, 2.24) is 6.15 Å². The Balaban J connectivity index is -0.00000161. The van der Waals surface area contributed by atoms with Crippen molar-refractivity contribution < 1.29 is 16.9 Å². The van der Waals surface area contributed by atoms with E-state index in [0.717, 1.165) is 11.0 Å². The molecule has 0 aliphatic carbocycles. The molecule has 0 aromatic heterocycles. The molecule has 0 unspecified atom stereocenters. The van der Waals surface area contributed by atoms with E-state index in [1.54, 1.807) is 0 Å². The van der Waals surface area contributed by atoms with Crippen molar-refractivity contribution in [2.45, 2.75) is 77.7 Å². The first kappa shape index (κ1) is 29.5. The van der Waals surface area contributed by atoms with Crippen LogP contribution in [0.5, 0.6) is 0 Å². The highest BCUT2D eigenvalue weighted by Gasteiger charge is 2.14. The number of hydrogen-bond acceptors (Lipinski definition) is 1. The lowest BCUT2D eigenvalue weighted by atomic mass is 10.1. The fourth-order valence-electron chi connectivity index (χ4n) is 3.18. The first-order valence-electron chi connectivity index (χ1n) is 9.50. The molecule has 0 amide bonds. The average molecular weight is 393 g/mol. The second kappa shape index (κ2) is 18.5. The standard InChI is InChI=1S/C21H38N.2ClH.H3N/c1-4-5-6-7-8-9-10-11-12-16-19-22(2,3)20-21-17-14-13-15-18-21;;;/h13-15,17-18H,4-12,16,19-20H2,1-3H3;2*1H;1H3/q+1;;;/p-1. The molecule has 0 bridgehead atoms. The quantitative estimate of drug-likeness (QED) is 0.402. The van der Waals surface area contributed by atoms with Gasteiger partial charge >= 0.3 is 0 Å². The van der Waals surface area contributed by atoms with Crippen molar-refractivity contribution in [3.63, 3.8) is 0 Å². The Morgan fingerprint density at radius 3 is 1.64 bits per heavy atom. The summed E-state index contributed by atoms with van der Waals surface area (Å²) >= 11 is 0. The summed E-state index contributed by atoms with van der Waals surface area (Å²) in [5, 5.41) is 0. The van der Waals surface area contributed by atoms with Crippen LogP contribution in [0.25, 0.3) is 0 Å². The van der Waals surface area contributed by atoms with Gasteiger partial charge < -0.3 is 23.0 Å². The Kier molecular flexibility index (Phi) is 21.8. The second-order valence-corrected chi connectivity index (χ2v) is 7.49. The van der Waals surface area contributed by atoms with Crippen LogP contribution in [-0.2, 0) is 6.54 Å². The fraction of sp³-hybridized carbons (Fsp3) is 0.714. The maximum atomic E-state index is 2.36. The predicted molar refractivity (Wildman–Crippen MR) is 111 cm³/mol. The van der Waals surface area contributed by atoms with Gasteiger partial charge in [0.25, 0.3) is 0 Å². The van der Waals surface area contributed by atoms with Crippen LogP contribution in [0.3, 0.4) is 0 Å². The lowest BCUT2D eigenvalue weighted by molar-refractivity contribution is -0.903. The van der Waals surface area contributed by atoms with Crippen molar-refractivity contribution in [2.75, 3.05) is 20.6 Å². The van der Waals surface area contributed by atoms with Gasteiger partial charge in [-0.1, -0.05) is 88.6 Å². The number of halogens is 2. The molecule has 3 N–H and O–H groups in total. The number of nitrogens with zero attached hydrogens (tertiary/aromatic N) is 1. The summed E-state index contributed by atoms with van der Waals surface area (Å²) in [5.74, 6) is 0. The van der Waals surface area contributed by atoms with Gasteiger partial charge in [0.2, 0.25) is 0 Å². The zero-order valence-electron chi connectivity index (χ0n) is 16.8. The summed E-state index contributed by atoms with van der Waals surface area (Å²) in [4.78, 5) is 0. The Hall–Kier alpha value is -0.280. The lowest BCUT2D eigenvalue weighted by Gasteiger charge is -2.30. The van der Waals surface area contributed by atoms with Crippen LogP contribution < -0.4 is 18.6 Å². The average Bonchev–Trinajstić information content (AvgIpc) is 2.49. The Bertz CT molecular complexity index is 369. The number of rotatable bonds is 13. The first-order valence-corrected chi connectivity index (χ1v) is 9.50. The monoisotopic (exact) mass is 392 g/mol. The van der Waals surface area contributed by atoms with Crippen LogP contribution in [0.2, 0.25) is 0 Å². The summed E-state index contributed by atoms with van der Waals surface area (Å²) in [5.41, 5.74) is 1.46. The highest BCUT2D eigenvalue weighted by atomic mass is 35.5. The number of hydrogen-bond donors (Lipinski definition) is 1. The van der Waals surface area contributed by atoms with Gasteiger partial charge in [0.05, 0.1) is 20.6 Å². The number of benzene rings is 1. The van der Waals surface area contributed by atoms with Crippen molar-refractivity contribution in [1.29, 1.82) is 0 Å². The smallest absolute Gasteiger partial charge is 0.104 e. The second-order valence-electron chi connectivity index (χ2n) is 7.49. The van der Waals surface area contributed by atoms with Crippen LogP contribution >= 0.6 is 12.4 Å². The molecule has 0 radical (unpaired) electrons. The summed E-state index contributed by atoms with van der Waals surface area (Å²) in [6.07, 6.45) is 14.2. The highest BCUT2D eigenvalue weighted by molar-refractivity contribution is 5.85. The third-order valence-corrected chi connectivity index (χ3v) is 4.57. The Morgan fingerprint density at radius 1 is 0.720 bits per heavy atom. The Labute approximate surface area is 169 Å². The van der Waals surface area contributed by atoms with Crippen LogP contribution in [-0.4, -0.2) is 25.1 Å². The lowest BCUT2D eigenvalue weighted by Crippen LogP contribution is -3.00. The third kappa shape index (κ3) is 16.9. The molecule has 2 nitrogen and oxygen atoms in total. The first-order chi connectivity index (χ1) is 10.6.